The zero-order chi connectivity index (χ0) is 13.2. The quantitative estimate of drug-likeness (QED) is 0.893. The number of hydrogen-bond acceptors (Lipinski definition) is 6. The lowest BCUT2D eigenvalue weighted by atomic mass is 9.94. The van der Waals surface area contributed by atoms with E-state index in [2.05, 4.69) is 34.3 Å². The van der Waals surface area contributed by atoms with Gasteiger partial charge in [0.2, 0.25) is 5.89 Å². The van der Waals surface area contributed by atoms with Gasteiger partial charge in [0.05, 0.1) is 12.1 Å². The molecule has 3 rings (SSSR count). The van der Waals surface area contributed by atoms with Gasteiger partial charge in [-0.05, 0) is 32.4 Å². The number of nitrogens with zero attached hydrogens (tertiary/aromatic N) is 3. The van der Waals surface area contributed by atoms with Crippen molar-refractivity contribution in [1.82, 2.24) is 20.4 Å². The molecule has 1 N–H and O–H groups in total. The second-order valence-electron chi connectivity index (χ2n) is 5.70. The minimum absolute atomic E-state index is 0.242. The van der Waals surface area contributed by atoms with Gasteiger partial charge in [-0.15, -0.1) is 0 Å². The third kappa shape index (κ3) is 2.95. The highest BCUT2D eigenvalue weighted by Crippen LogP contribution is 2.29. The summed E-state index contributed by atoms with van der Waals surface area (Å²) in [5, 5.41) is 7.69. The summed E-state index contributed by atoms with van der Waals surface area (Å²) in [7, 11) is 2.14. The zero-order valence-electron chi connectivity index (χ0n) is 11.6. The van der Waals surface area contributed by atoms with Crippen LogP contribution in [0.5, 0.6) is 0 Å². The number of nitrogens with one attached hydrogen (secondary N) is 1. The highest BCUT2D eigenvalue weighted by Gasteiger charge is 2.29. The molecule has 6 heteroatoms. The average molecular weight is 282 g/mol. The van der Waals surface area contributed by atoms with Crippen LogP contribution in [0.3, 0.4) is 0 Å². The summed E-state index contributed by atoms with van der Waals surface area (Å²) in [6.07, 6.45) is 2.33. The Bertz CT molecular complexity index is 425. The van der Waals surface area contributed by atoms with Crippen LogP contribution in [0.1, 0.15) is 43.6 Å². The van der Waals surface area contributed by atoms with E-state index in [0.717, 1.165) is 42.9 Å². The van der Waals surface area contributed by atoms with E-state index in [1.54, 1.807) is 0 Å². The van der Waals surface area contributed by atoms with Crippen LogP contribution in [0.25, 0.3) is 0 Å². The Morgan fingerprint density at radius 3 is 3.16 bits per heavy atom. The normalized spacial score (nSPS) is 33.5. The van der Waals surface area contributed by atoms with Crippen molar-refractivity contribution in [2.24, 2.45) is 5.92 Å². The lowest BCUT2D eigenvalue weighted by molar-refractivity contribution is 0.247. The molecule has 1 aromatic rings. The van der Waals surface area contributed by atoms with Gasteiger partial charge in [0.15, 0.2) is 5.82 Å². The molecule has 2 aliphatic heterocycles. The summed E-state index contributed by atoms with van der Waals surface area (Å²) >= 11 is 1.97. The van der Waals surface area contributed by atoms with E-state index >= 15 is 0 Å². The second kappa shape index (κ2) is 5.81. The molecule has 3 unspecified atom stereocenters. The lowest BCUT2D eigenvalue weighted by Gasteiger charge is -2.29. The van der Waals surface area contributed by atoms with Crippen molar-refractivity contribution < 1.29 is 4.52 Å². The van der Waals surface area contributed by atoms with E-state index in [4.69, 9.17) is 4.52 Å². The molecule has 0 bridgehead atoms. The minimum Gasteiger partial charge on any atom is -0.338 e. The van der Waals surface area contributed by atoms with Crippen LogP contribution in [0.4, 0.5) is 0 Å². The smallest absolute Gasteiger partial charge is 0.243 e. The van der Waals surface area contributed by atoms with Crippen molar-refractivity contribution in [2.45, 2.75) is 31.8 Å². The van der Waals surface area contributed by atoms with E-state index in [-0.39, 0.29) is 6.04 Å². The molecule has 3 heterocycles. The van der Waals surface area contributed by atoms with E-state index < -0.39 is 0 Å². The van der Waals surface area contributed by atoms with Gasteiger partial charge in [0.25, 0.3) is 0 Å². The van der Waals surface area contributed by atoms with Gasteiger partial charge in [-0.25, -0.2) is 0 Å². The number of rotatable bonds is 2. The largest absolute Gasteiger partial charge is 0.338 e. The molecule has 2 fully saturated rings. The Balaban J connectivity index is 1.71. The summed E-state index contributed by atoms with van der Waals surface area (Å²) in [4.78, 5) is 6.97. The first-order valence-electron chi connectivity index (χ1n) is 7.09. The van der Waals surface area contributed by atoms with Crippen LogP contribution in [0.15, 0.2) is 4.52 Å². The molecule has 106 valence electrons. The van der Waals surface area contributed by atoms with Crippen molar-refractivity contribution in [1.29, 1.82) is 0 Å². The van der Waals surface area contributed by atoms with Gasteiger partial charge in [0.1, 0.15) is 0 Å². The van der Waals surface area contributed by atoms with Gasteiger partial charge >= 0.3 is 0 Å². The number of thioether (sulfide) groups is 1. The Kier molecular flexibility index (Phi) is 4.10. The van der Waals surface area contributed by atoms with E-state index in [1.807, 2.05) is 11.8 Å². The summed E-state index contributed by atoms with van der Waals surface area (Å²) in [6, 6.07) is 0.545. The highest BCUT2D eigenvalue weighted by molar-refractivity contribution is 7.99. The van der Waals surface area contributed by atoms with Crippen LogP contribution in [-0.2, 0) is 0 Å². The average Bonchev–Trinajstić information content (AvgIpc) is 2.89. The highest BCUT2D eigenvalue weighted by atomic mass is 32.2. The molecule has 0 aromatic carbocycles. The van der Waals surface area contributed by atoms with E-state index in [1.165, 1.54) is 12.2 Å². The van der Waals surface area contributed by atoms with Crippen LogP contribution >= 0.6 is 11.8 Å². The fourth-order valence-electron chi connectivity index (χ4n) is 2.78. The number of piperidine rings is 1. The molecule has 0 aliphatic carbocycles. The standard InChI is InChI=1S/C13H22N4OS/c1-9-3-4-14-10(7-9)13-15-12(16-18-13)11-8-19-6-5-17(11)2/h9-11,14H,3-8H2,1-2H3. The Hall–Kier alpha value is -0.590. The molecule has 3 atom stereocenters. The Morgan fingerprint density at radius 2 is 2.37 bits per heavy atom. The maximum atomic E-state index is 5.49. The number of aromatic nitrogens is 2. The third-order valence-electron chi connectivity index (χ3n) is 4.12. The van der Waals surface area contributed by atoms with Gasteiger partial charge < -0.3 is 9.84 Å². The van der Waals surface area contributed by atoms with Gasteiger partial charge in [0, 0.05) is 18.1 Å². The predicted octanol–water partition coefficient (Wildman–Crippen LogP) is 1.85. The summed E-state index contributed by atoms with van der Waals surface area (Å²) < 4.78 is 5.49. The maximum absolute atomic E-state index is 5.49. The third-order valence-corrected chi connectivity index (χ3v) is 5.14. The van der Waals surface area contributed by atoms with Crippen molar-refractivity contribution in [2.75, 3.05) is 31.6 Å². The van der Waals surface area contributed by atoms with Crippen molar-refractivity contribution >= 4 is 11.8 Å². The van der Waals surface area contributed by atoms with Crippen molar-refractivity contribution in [3.8, 4) is 0 Å². The summed E-state index contributed by atoms with van der Waals surface area (Å²) in [5.41, 5.74) is 0. The molecule has 2 saturated heterocycles. The maximum Gasteiger partial charge on any atom is 0.243 e. The molecule has 2 aliphatic rings. The fourth-order valence-corrected chi connectivity index (χ4v) is 3.99. The van der Waals surface area contributed by atoms with Crippen LogP contribution in [0.2, 0.25) is 0 Å². The molecule has 0 amide bonds. The first-order chi connectivity index (χ1) is 9.24. The van der Waals surface area contributed by atoms with Crippen LogP contribution < -0.4 is 5.32 Å². The topological polar surface area (TPSA) is 54.2 Å². The fraction of sp³-hybridized carbons (Fsp3) is 0.846. The van der Waals surface area contributed by atoms with E-state index in [0.29, 0.717) is 6.04 Å². The Morgan fingerprint density at radius 1 is 1.47 bits per heavy atom. The molecular formula is C13H22N4OS. The molecule has 0 spiro atoms. The predicted molar refractivity (Wildman–Crippen MR) is 76.1 cm³/mol. The molecule has 0 saturated carbocycles. The van der Waals surface area contributed by atoms with Crippen molar-refractivity contribution in [3.63, 3.8) is 0 Å². The van der Waals surface area contributed by atoms with Gasteiger partial charge in [-0.2, -0.15) is 16.7 Å². The monoisotopic (exact) mass is 282 g/mol. The number of hydrogen-bond donors (Lipinski definition) is 1. The molecule has 5 nitrogen and oxygen atoms in total. The van der Waals surface area contributed by atoms with Gasteiger partial charge in [-0.1, -0.05) is 12.1 Å². The van der Waals surface area contributed by atoms with Gasteiger partial charge in [-0.3, -0.25) is 4.90 Å². The van der Waals surface area contributed by atoms with Crippen LogP contribution in [0, 0.1) is 5.92 Å². The first kappa shape index (κ1) is 13.4. The van der Waals surface area contributed by atoms with E-state index in [9.17, 15) is 0 Å². The SMILES string of the molecule is CC1CCNC(c2nc(C3CSCCN3C)no2)C1. The minimum atomic E-state index is 0.242. The molecule has 1 aromatic heterocycles. The summed E-state index contributed by atoms with van der Waals surface area (Å²) in [5.74, 6) is 4.60. The lowest BCUT2D eigenvalue weighted by Crippen LogP contribution is -2.33. The molecule has 0 radical (unpaired) electrons. The second-order valence-corrected chi connectivity index (χ2v) is 6.85. The first-order valence-corrected chi connectivity index (χ1v) is 8.24. The summed E-state index contributed by atoms with van der Waals surface area (Å²) in [6.45, 7) is 4.43. The van der Waals surface area contributed by atoms with Crippen LogP contribution in [-0.4, -0.2) is 46.7 Å². The Labute approximate surface area is 118 Å². The van der Waals surface area contributed by atoms with Crippen molar-refractivity contribution in [3.05, 3.63) is 11.7 Å². The molecule has 19 heavy (non-hydrogen) atoms. The molecular weight excluding hydrogens is 260 g/mol. The zero-order valence-corrected chi connectivity index (χ0v) is 12.4.